The Morgan fingerprint density at radius 3 is 0.921 bits per heavy atom. The van der Waals surface area contributed by atoms with Gasteiger partial charge in [0.1, 0.15) is 24.2 Å². The van der Waals surface area contributed by atoms with Crippen LogP contribution in [0, 0.1) is 90.0 Å². The van der Waals surface area contributed by atoms with Gasteiger partial charge in [-0.2, -0.15) is 20.4 Å². The van der Waals surface area contributed by atoms with E-state index in [9.17, 15) is 0 Å². The van der Waals surface area contributed by atoms with E-state index >= 15 is 0 Å². The number of hydrogen-bond acceptors (Lipinski definition) is 18. The number of benzene rings is 1. The van der Waals surface area contributed by atoms with Crippen molar-refractivity contribution in [3.63, 3.8) is 0 Å². The third kappa shape index (κ3) is 125. The van der Waals surface area contributed by atoms with Gasteiger partial charge in [-0.25, -0.2) is 29.9 Å². The monoisotopic (exact) mass is 1590 g/mol. The number of hydrogen-bond donors (Lipinski definition) is 0. The summed E-state index contributed by atoms with van der Waals surface area (Å²) in [5.74, 6) is 1.79. The minimum absolute atomic E-state index is 0.822. The van der Waals surface area contributed by atoms with Gasteiger partial charge in [0.15, 0.2) is 0 Å². The highest BCUT2D eigenvalue weighted by Gasteiger charge is 1.82. The van der Waals surface area contributed by atoms with Gasteiger partial charge in [0, 0.05) is 109 Å². The molecule has 0 spiro atoms. The summed E-state index contributed by atoms with van der Waals surface area (Å²) in [4.78, 5) is 43.7. The summed E-state index contributed by atoms with van der Waals surface area (Å²) in [6, 6.07) is 43.2. The lowest BCUT2D eigenvalue weighted by atomic mass is 10.2. The summed E-state index contributed by atoms with van der Waals surface area (Å²) in [7, 11) is 0. The zero-order valence-electron chi connectivity index (χ0n) is 78.8. The lowest BCUT2D eigenvalue weighted by molar-refractivity contribution is 0.534. The van der Waals surface area contributed by atoms with Gasteiger partial charge in [-0.15, -0.1) is 11.3 Å². The third-order valence-corrected chi connectivity index (χ3v) is 10.4. The van der Waals surface area contributed by atoms with Gasteiger partial charge in [0.05, 0.1) is 36.4 Å². The molecule has 0 aliphatic carbocycles. The molecule has 0 saturated carbocycles. The largest absolute Gasteiger partial charge is 0.472 e. The SMILES string of the molecule is CC.CC.CC.CC.CC.CC.CC.CC.CC.CC.CC.CC.CC.Cc1ccccc1.Cc1ccccn1.Cc1cccnc1.Cc1cccnn1.Cc1ccco1.Cc1cccs1.Cc1ccncc1.Cc1ccncn1.Cc1ccnnc1.Cc1ccoc1.Cc1cnccn1.Cc1cncnc1.Cc1ncccn1. The number of rotatable bonds is 0. The van der Waals surface area contributed by atoms with Crippen molar-refractivity contribution in [2.45, 2.75) is 270 Å². The van der Waals surface area contributed by atoms with E-state index in [0.29, 0.717) is 0 Å². The molecule has 638 valence electrons. The molecule has 12 aromatic heterocycles. The quantitative estimate of drug-likeness (QED) is 0.138. The predicted octanol–water partition coefficient (Wildman–Crippen LogP) is 29.4. The average Bonchev–Trinajstić information content (AvgIpc) is 1.91. The maximum atomic E-state index is 4.83. The molecule has 0 radical (unpaired) electrons. The standard InChI is InChI=1S/C7H8.3C6H7N.6C5H6N2.2C5H6O.C5H6S.13C2H6/c1-7-5-3-2-4-6-7;1-6-2-4-7-5-3-6;1-6-3-2-4-7-5-6;1-6-4-2-3-5-7-6;1-5-2-6-4-7-3-5;1-5-4-6-2-3-7-5;1-5-2-3-6-4-7-5;1-5-2-3-6-7-4-5;1-5-6-3-2-4-7-5;1-5-3-2-4-6-7-5;1-5-2-3-6-4-5;2*1-5-3-2-4-6-5;13*1-2/h2-6H,1H3;3*2-5H,1H3;6*2-4H,1H3;3*2-4H,1H3;13*1-2H3. The van der Waals surface area contributed by atoms with Crippen LogP contribution in [-0.2, 0) is 0 Å². The topological polar surface area (TPSA) is 220 Å². The second kappa shape index (κ2) is 129. The zero-order chi connectivity index (χ0) is 90.3. The van der Waals surface area contributed by atoms with Crippen molar-refractivity contribution in [1.29, 1.82) is 0 Å². The molecule has 0 saturated heterocycles. The van der Waals surface area contributed by atoms with Crippen molar-refractivity contribution in [3.05, 3.63) is 342 Å². The third-order valence-electron chi connectivity index (χ3n) is 9.64. The molecule has 18 heteroatoms. The lowest BCUT2D eigenvalue weighted by Gasteiger charge is -1.82. The molecule has 0 N–H and O–H groups in total. The molecule has 0 fully saturated rings. The van der Waals surface area contributed by atoms with Crippen LogP contribution in [0.1, 0.15) is 253 Å². The summed E-state index contributed by atoms with van der Waals surface area (Å²) in [6.45, 7) is 77.7. The number of thiophene rings is 1. The molecule has 13 rings (SSSR count). The van der Waals surface area contributed by atoms with Crippen molar-refractivity contribution in [3.8, 4) is 0 Å². The minimum atomic E-state index is 0.822. The molecule has 17 nitrogen and oxygen atoms in total. The Hall–Kier alpha value is -10.6. The highest BCUT2D eigenvalue weighted by Crippen LogP contribution is 2.04. The molecular formula is C96H161N15O2S. The molecular weight excluding hydrogens is 1430 g/mol. The van der Waals surface area contributed by atoms with Crippen LogP contribution in [0.2, 0.25) is 0 Å². The molecule has 1 aromatic carbocycles. The van der Waals surface area contributed by atoms with Crippen LogP contribution in [0.25, 0.3) is 0 Å². The maximum Gasteiger partial charge on any atom is 0.125 e. The van der Waals surface area contributed by atoms with E-state index in [4.69, 9.17) is 8.83 Å². The van der Waals surface area contributed by atoms with Gasteiger partial charge < -0.3 is 8.83 Å². The smallest absolute Gasteiger partial charge is 0.125 e. The molecule has 0 amide bonds. The normalized spacial score (nSPS) is 7.43. The summed E-state index contributed by atoms with van der Waals surface area (Å²) in [5.41, 5.74) is 11.2. The van der Waals surface area contributed by atoms with E-state index in [1.807, 2.05) is 366 Å². The Labute approximate surface area is 703 Å². The summed E-state index contributed by atoms with van der Waals surface area (Å²) >= 11 is 1.78. The van der Waals surface area contributed by atoms with Gasteiger partial charge in [-0.3, -0.25) is 24.9 Å². The Balaban J connectivity index is -0.0000000860. The Morgan fingerprint density at radius 1 is 0.246 bits per heavy atom. The first-order valence-corrected chi connectivity index (χ1v) is 41.5. The Bertz CT molecular complexity index is 2740. The van der Waals surface area contributed by atoms with E-state index < -0.39 is 0 Å². The van der Waals surface area contributed by atoms with Gasteiger partial charge in [-0.05, 0) is 208 Å². The molecule has 0 bridgehead atoms. The average molecular weight is 1590 g/mol. The molecule has 0 atom stereocenters. The van der Waals surface area contributed by atoms with E-state index in [-0.39, 0.29) is 0 Å². The highest BCUT2D eigenvalue weighted by molar-refractivity contribution is 7.09. The maximum absolute atomic E-state index is 4.83. The van der Waals surface area contributed by atoms with Crippen molar-refractivity contribution >= 4 is 11.3 Å². The van der Waals surface area contributed by atoms with Crippen LogP contribution in [0.15, 0.2) is 278 Å². The fraction of sp³-hybridized carbons (Fsp3) is 0.406. The van der Waals surface area contributed by atoms with Crippen LogP contribution >= 0.6 is 11.3 Å². The lowest BCUT2D eigenvalue weighted by Crippen LogP contribution is -1.80. The van der Waals surface area contributed by atoms with Crippen molar-refractivity contribution in [1.82, 2.24) is 75.2 Å². The summed E-state index contributed by atoms with van der Waals surface area (Å²) in [6.07, 6.45) is 35.9. The second-order valence-corrected chi connectivity index (χ2v) is 19.3. The van der Waals surface area contributed by atoms with E-state index in [1.165, 1.54) is 39.8 Å². The fourth-order valence-electron chi connectivity index (χ4n) is 5.12. The zero-order valence-corrected chi connectivity index (χ0v) is 79.7. The van der Waals surface area contributed by atoms with Crippen LogP contribution in [0.4, 0.5) is 0 Å². The van der Waals surface area contributed by atoms with Crippen LogP contribution in [0.3, 0.4) is 0 Å². The fourth-order valence-corrected chi connectivity index (χ4v) is 5.65. The van der Waals surface area contributed by atoms with Crippen molar-refractivity contribution in [2.75, 3.05) is 0 Å². The van der Waals surface area contributed by atoms with Gasteiger partial charge >= 0.3 is 0 Å². The first-order chi connectivity index (χ1) is 55.6. The summed E-state index contributed by atoms with van der Waals surface area (Å²) in [5, 5.41) is 16.7. The van der Waals surface area contributed by atoms with Crippen LogP contribution in [-0.4, -0.2) is 75.2 Å². The minimum Gasteiger partial charge on any atom is -0.472 e. The van der Waals surface area contributed by atoms with Gasteiger partial charge in [-0.1, -0.05) is 234 Å². The number of furan rings is 2. The molecule has 12 heterocycles. The number of pyridine rings is 3. The van der Waals surface area contributed by atoms with Crippen molar-refractivity contribution in [2.24, 2.45) is 0 Å². The second-order valence-electron chi connectivity index (χ2n) is 18.1. The molecule has 114 heavy (non-hydrogen) atoms. The van der Waals surface area contributed by atoms with Gasteiger partial charge in [0.25, 0.3) is 0 Å². The number of nitrogens with zero attached hydrogens (tertiary/aromatic N) is 15. The van der Waals surface area contributed by atoms with Crippen LogP contribution < -0.4 is 0 Å². The number of aryl methyl sites for hydroxylation is 13. The highest BCUT2D eigenvalue weighted by atomic mass is 32.1. The van der Waals surface area contributed by atoms with E-state index in [2.05, 4.69) is 119 Å². The van der Waals surface area contributed by atoms with E-state index in [1.54, 1.807) is 129 Å². The molecule has 0 aliphatic heterocycles. The Kier molecular flexibility index (Phi) is 150. The number of aromatic nitrogens is 15. The van der Waals surface area contributed by atoms with Gasteiger partial charge in [0.2, 0.25) is 0 Å². The van der Waals surface area contributed by atoms with E-state index in [0.717, 1.165) is 45.5 Å². The summed E-state index contributed by atoms with van der Waals surface area (Å²) < 4.78 is 9.55. The first kappa shape index (κ1) is 133. The molecule has 0 aliphatic rings. The first-order valence-electron chi connectivity index (χ1n) is 40.6. The van der Waals surface area contributed by atoms with Crippen LogP contribution in [0.5, 0.6) is 0 Å². The van der Waals surface area contributed by atoms with Crippen molar-refractivity contribution < 1.29 is 8.83 Å². The Morgan fingerprint density at radius 2 is 0.719 bits per heavy atom. The predicted molar refractivity (Wildman–Crippen MR) is 502 cm³/mol. The molecule has 13 aromatic rings. The molecule has 0 unspecified atom stereocenters.